The van der Waals surface area contributed by atoms with Gasteiger partial charge in [-0.2, -0.15) is 0 Å². The Morgan fingerprint density at radius 2 is 2.05 bits per heavy atom. The number of aliphatic hydroxyl groups excluding tert-OH is 1. The van der Waals surface area contributed by atoms with Gasteiger partial charge in [-0.15, -0.1) is 0 Å². The molecule has 1 N–H and O–H groups in total. The van der Waals surface area contributed by atoms with Crippen LogP contribution in [0.3, 0.4) is 0 Å². The number of rotatable bonds is 3. The van der Waals surface area contributed by atoms with E-state index in [4.69, 9.17) is 0 Å². The van der Waals surface area contributed by atoms with Gasteiger partial charge in [0.05, 0.1) is 6.10 Å². The zero-order valence-corrected chi connectivity index (χ0v) is 12.3. The topological polar surface area (TPSA) is 23.5 Å². The van der Waals surface area contributed by atoms with Crippen molar-refractivity contribution in [3.8, 4) is 0 Å². The predicted octanol–water partition coefficient (Wildman–Crippen LogP) is 3.32. The van der Waals surface area contributed by atoms with Gasteiger partial charge >= 0.3 is 0 Å². The molecule has 1 unspecified atom stereocenters. The maximum absolute atomic E-state index is 12.8. The van der Waals surface area contributed by atoms with Crippen LogP contribution < -0.4 is 0 Å². The number of halogens is 1. The fourth-order valence-electron chi connectivity index (χ4n) is 2.89. The molecule has 1 fully saturated rings. The minimum atomic E-state index is -0.203. The number of aliphatic hydroxyl groups is 1. The Morgan fingerprint density at radius 3 is 2.75 bits per heavy atom. The molecule has 1 aromatic carbocycles. The molecule has 2 nitrogen and oxygen atoms in total. The van der Waals surface area contributed by atoms with Gasteiger partial charge in [0.25, 0.3) is 0 Å². The van der Waals surface area contributed by atoms with Crippen LogP contribution in [0.2, 0.25) is 0 Å². The Labute approximate surface area is 120 Å². The van der Waals surface area contributed by atoms with Crippen molar-refractivity contribution >= 4 is 6.08 Å². The molecule has 1 atom stereocenters. The van der Waals surface area contributed by atoms with Crippen LogP contribution in [0.1, 0.15) is 32.3 Å². The van der Waals surface area contributed by atoms with E-state index >= 15 is 0 Å². The van der Waals surface area contributed by atoms with Crippen molar-refractivity contribution in [3.63, 3.8) is 0 Å². The molecule has 0 amide bonds. The Bertz CT molecular complexity index is 453. The maximum Gasteiger partial charge on any atom is 0.123 e. The molecule has 0 radical (unpaired) electrons. The molecule has 0 spiro atoms. The molecule has 1 saturated heterocycles. The Morgan fingerprint density at radius 1 is 1.35 bits per heavy atom. The van der Waals surface area contributed by atoms with Crippen molar-refractivity contribution in [2.24, 2.45) is 5.41 Å². The number of likely N-dealkylation sites (tertiary alicyclic amines) is 1. The van der Waals surface area contributed by atoms with Gasteiger partial charge in [0.2, 0.25) is 0 Å². The minimum absolute atomic E-state index is 0.152. The van der Waals surface area contributed by atoms with E-state index < -0.39 is 0 Å². The standard InChI is InChI=1S/C17H24FNO/c1-17(2)12-16(20)9-11-19(13-17)10-3-4-14-5-7-15(18)8-6-14/h3-8,16,20H,9-13H2,1-2H3. The molecular formula is C17H24FNO. The van der Waals surface area contributed by atoms with Gasteiger partial charge in [0, 0.05) is 19.6 Å². The van der Waals surface area contributed by atoms with Crippen molar-refractivity contribution in [1.82, 2.24) is 4.90 Å². The van der Waals surface area contributed by atoms with Crippen LogP contribution in [0.5, 0.6) is 0 Å². The summed E-state index contributed by atoms with van der Waals surface area (Å²) in [5.74, 6) is -0.203. The molecule has 2 rings (SSSR count). The zero-order chi connectivity index (χ0) is 14.6. The molecule has 0 saturated carbocycles. The van der Waals surface area contributed by atoms with Gasteiger partial charge in [-0.3, -0.25) is 4.90 Å². The molecular weight excluding hydrogens is 253 g/mol. The van der Waals surface area contributed by atoms with Crippen LogP contribution in [0.15, 0.2) is 30.3 Å². The first-order chi connectivity index (χ1) is 9.44. The van der Waals surface area contributed by atoms with E-state index in [0.717, 1.165) is 38.0 Å². The summed E-state index contributed by atoms with van der Waals surface area (Å²) in [5.41, 5.74) is 1.17. The van der Waals surface area contributed by atoms with Crippen LogP contribution in [0, 0.1) is 11.2 Å². The van der Waals surface area contributed by atoms with Gasteiger partial charge in [-0.25, -0.2) is 4.39 Å². The van der Waals surface area contributed by atoms with Gasteiger partial charge in [0.15, 0.2) is 0 Å². The average Bonchev–Trinajstić information content (AvgIpc) is 2.49. The van der Waals surface area contributed by atoms with Gasteiger partial charge in [-0.1, -0.05) is 38.1 Å². The highest BCUT2D eigenvalue weighted by atomic mass is 19.1. The van der Waals surface area contributed by atoms with Crippen LogP contribution in [0.4, 0.5) is 4.39 Å². The van der Waals surface area contributed by atoms with E-state index in [1.165, 1.54) is 12.1 Å². The van der Waals surface area contributed by atoms with Crippen LogP contribution in [0.25, 0.3) is 6.08 Å². The summed E-state index contributed by atoms with van der Waals surface area (Å²) >= 11 is 0. The highest BCUT2D eigenvalue weighted by Crippen LogP contribution is 2.28. The number of hydrogen-bond donors (Lipinski definition) is 1. The van der Waals surface area contributed by atoms with E-state index in [1.807, 2.05) is 6.08 Å². The lowest BCUT2D eigenvalue weighted by Crippen LogP contribution is -2.32. The van der Waals surface area contributed by atoms with Crippen LogP contribution >= 0.6 is 0 Å². The normalized spacial score (nSPS) is 23.9. The fraction of sp³-hybridized carbons (Fsp3) is 0.529. The second-order valence-corrected chi connectivity index (χ2v) is 6.50. The summed E-state index contributed by atoms with van der Waals surface area (Å²) in [6, 6.07) is 6.51. The first-order valence-electron chi connectivity index (χ1n) is 7.27. The molecule has 110 valence electrons. The zero-order valence-electron chi connectivity index (χ0n) is 12.3. The monoisotopic (exact) mass is 277 g/mol. The Hall–Kier alpha value is -1.19. The van der Waals surface area contributed by atoms with Crippen molar-refractivity contribution in [3.05, 3.63) is 41.7 Å². The summed E-state index contributed by atoms with van der Waals surface area (Å²) in [5, 5.41) is 9.89. The molecule has 1 aromatic rings. The third-order valence-corrected chi connectivity index (χ3v) is 3.76. The summed E-state index contributed by atoms with van der Waals surface area (Å²) in [6.45, 7) is 7.21. The predicted molar refractivity (Wildman–Crippen MR) is 80.9 cm³/mol. The van der Waals surface area contributed by atoms with Crippen LogP contribution in [-0.2, 0) is 0 Å². The molecule has 0 bridgehead atoms. The van der Waals surface area contributed by atoms with E-state index in [9.17, 15) is 9.50 Å². The second kappa shape index (κ2) is 6.51. The van der Waals surface area contributed by atoms with E-state index in [2.05, 4.69) is 24.8 Å². The lowest BCUT2D eigenvalue weighted by Gasteiger charge is -2.28. The average molecular weight is 277 g/mol. The SMILES string of the molecule is CC1(C)CC(O)CCN(CC=Cc2ccc(F)cc2)C1. The van der Waals surface area contributed by atoms with E-state index in [0.29, 0.717) is 0 Å². The summed E-state index contributed by atoms with van der Waals surface area (Å²) in [4.78, 5) is 2.37. The fourth-order valence-corrected chi connectivity index (χ4v) is 2.89. The molecule has 20 heavy (non-hydrogen) atoms. The number of nitrogens with zero attached hydrogens (tertiary/aromatic N) is 1. The molecule has 3 heteroatoms. The minimum Gasteiger partial charge on any atom is -0.393 e. The third kappa shape index (κ3) is 4.73. The van der Waals surface area contributed by atoms with Crippen molar-refractivity contribution < 1.29 is 9.50 Å². The quantitative estimate of drug-likeness (QED) is 0.916. The van der Waals surface area contributed by atoms with E-state index in [-0.39, 0.29) is 17.3 Å². The Balaban J connectivity index is 1.91. The summed E-state index contributed by atoms with van der Waals surface area (Å²) in [6.07, 6.45) is 5.66. The van der Waals surface area contributed by atoms with Crippen molar-refractivity contribution in [2.75, 3.05) is 19.6 Å². The highest BCUT2D eigenvalue weighted by Gasteiger charge is 2.28. The third-order valence-electron chi connectivity index (χ3n) is 3.76. The molecule has 0 aliphatic carbocycles. The van der Waals surface area contributed by atoms with Crippen molar-refractivity contribution in [2.45, 2.75) is 32.8 Å². The first kappa shape index (κ1) is 15.2. The van der Waals surface area contributed by atoms with Crippen LogP contribution in [-0.4, -0.2) is 35.7 Å². The Kier molecular flexibility index (Phi) is 4.95. The number of benzene rings is 1. The first-order valence-corrected chi connectivity index (χ1v) is 7.27. The second-order valence-electron chi connectivity index (χ2n) is 6.50. The maximum atomic E-state index is 12.8. The van der Waals surface area contributed by atoms with E-state index in [1.54, 1.807) is 12.1 Å². The molecule has 0 aromatic heterocycles. The highest BCUT2D eigenvalue weighted by molar-refractivity contribution is 5.48. The lowest BCUT2D eigenvalue weighted by molar-refractivity contribution is 0.122. The lowest BCUT2D eigenvalue weighted by atomic mass is 9.87. The number of hydrogen-bond acceptors (Lipinski definition) is 2. The van der Waals surface area contributed by atoms with Crippen molar-refractivity contribution in [1.29, 1.82) is 0 Å². The van der Waals surface area contributed by atoms with Gasteiger partial charge < -0.3 is 5.11 Å². The van der Waals surface area contributed by atoms with Gasteiger partial charge in [0.1, 0.15) is 5.82 Å². The summed E-state index contributed by atoms with van der Waals surface area (Å²) < 4.78 is 12.8. The summed E-state index contributed by atoms with van der Waals surface area (Å²) in [7, 11) is 0. The molecule has 1 aliphatic heterocycles. The molecule has 1 heterocycles. The smallest absolute Gasteiger partial charge is 0.123 e. The molecule has 1 aliphatic rings. The largest absolute Gasteiger partial charge is 0.393 e. The van der Waals surface area contributed by atoms with Gasteiger partial charge in [-0.05, 0) is 36.0 Å².